The van der Waals surface area contributed by atoms with Crippen LogP contribution in [0.4, 0.5) is 10.1 Å². The molecular weight excluding hydrogens is 329 g/mol. The molecule has 0 aliphatic carbocycles. The summed E-state index contributed by atoms with van der Waals surface area (Å²) in [5.41, 5.74) is 0.304. The first-order valence-electron chi connectivity index (χ1n) is 7.20. The normalized spacial score (nSPS) is 11.9. The van der Waals surface area contributed by atoms with Crippen molar-refractivity contribution >= 4 is 29.3 Å². The summed E-state index contributed by atoms with van der Waals surface area (Å²) in [5, 5.41) is 4.08. The number of hydrogen-bond acceptors (Lipinski definition) is 4. The molecule has 0 saturated carbocycles. The van der Waals surface area contributed by atoms with Crippen LogP contribution in [-0.4, -0.2) is 18.0 Å². The fourth-order valence-electron chi connectivity index (χ4n) is 1.74. The molecule has 1 atom stereocenters. The number of halogens is 1. The highest BCUT2D eigenvalue weighted by Gasteiger charge is 2.16. The summed E-state index contributed by atoms with van der Waals surface area (Å²) in [6, 6.07) is 15.0. The van der Waals surface area contributed by atoms with Crippen molar-refractivity contribution in [1.29, 1.82) is 0 Å². The first-order valence-corrected chi connectivity index (χ1v) is 8.08. The van der Waals surface area contributed by atoms with E-state index in [0.29, 0.717) is 5.69 Å². The lowest BCUT2D eigenvalue weighted by Gasteiger charge is -2.12. The molecule has 0 aliphatic rings. The minimum atomic E-state index is -0.993. The number of thioether (sulfide) groups is 1. The Morgan fingerprint density at radius 3 is 2.62 bits per heavy atom. The Labute approximate surface area is 143 Å². The number of nitrogens with one attached hydrogen (secondary N) is 1. The van der Waals surface area contributed by atoms with Crippen LogP contribution in [0.1, 0.15) is 6.92 Å². The van der Waals surface area contributed by atoms with Gasteiger partial charge in [0.25, 0.3) is 5.91 Å². The van der Waals surface area contributed by atoms with Crippen LogP contribution in [0.2, 0.25) is 0 Å². The van der Waals surface area contributed by atoms with Crippen LogP contribution < -0.4 is 5.32 Å². The summed E-state index contributed by atoms with van der Waals surface area (Å²) in [5.74, 6) is -1.61. The number of benzene rings is 2. The fraction of sp³-hybridized carbons (Fsp3) is 0.111. The Balaban J connectivity index is 1.81. The van der Waals surface area contributed by atoms with Crippen molar-refractivity contribution < 1.29 is 18.7 Å². The SMILES string of the molecule is C[C@H](OC(=O)/C=C/Sc1ccccc1)C(=O)Nc1cccc(F)c1. The molecule has 1 N–H and O–H groups in total. The highest BCUT2D eigenvalue weighted by atomic mass is 32.2. The summed E-state index contributed by atoms with van der Waals surface area (Å²) < 4.78 is 18.1. The molecule has 24 heavy (non-hydrogen) atoms. The Morgan fingerprint density at radius 1 is 1.17 bits per heavy atom. The fourth-order valence-corrected chi connectivity index (χ4v) is 2.39. The molecule has 2 aromatic rings. The summed E-state index contributed by atoms with van der Waals surface area (Å²) in [6.45, 7) is 1.45. The van der Waals surface area contributed by atoms with Crippen LogP contribution in [0.3, 0.4) is 0 Å². The number of carbonyl (C=O) groups excluding carboxylic acids is 2. The van der Waals surface area contributed by atoms with Gasteiger partial charge in [-0.1, -0.05) is 36.0 Å². The van der Waals surface area contributed by atoms with Gasteiger partial charge in [-0.25, -0.2) is 9.18 Å². The van der Waals surface area contributed by atoms with Crippen LogP contribution in [0.15, 0.2) is 71.0 Å². The van der Waals surface area contributed by atoms with E-state index in [9.17, 15) is 14.0 Å². The molecule has 0 aliphatic heterocycles. The van der Waals surface area contributed by atoms with Gasteiger partial charge in [-0.2, -0.15) is 0 Å². The standard InChI is InChI=1S/C18H16FNO3S/c1-13(18(22)20-15-7-5-6-14(19)12-15)23-17(21)10-11-24-16-8-3-2-4-9-16/h2-13H,1H3,(H,20,22)/b11-10+/t13-/m0/s1. The lowest BCUT2D eigenvalue weighted by Crippen LogP contribution is -2.29. The summed E-state index contributed by atoms with van der Waals surface area (Å²) in [7, 11) is 0. The first-order chi connectivity index (χ1) is 11.5. The zero-order valence-corrected chi connectivity index (χ0v) is 13.8. The van der Waals surface area contributed by atoms with Gasteiger partial charge in [0, 0.05) is 16.7 Å². The molecule has 4 nitrogen and oxygen atoms in total. The first kappa shape index (κ1) is 17.7. The van der Waals surface area contributed by atoms with Gasteiger partial charge in [0.2, 0.25) is 0 Å². The molecule has 0 unspecified atom stereocenters. The molecule has 2 rings (SSSR count). The summed E-state index contributed by atoms with van der Waals surface area (Å²) in [6.07, 6.45) is 0.260. The molecule has 0 bridgehead atoms. The average Bonchev–Trinajstić information content (AvgIpc) is 2.55. The average molecular weight is 345 g/mol. The Hall–Kier alpha value is -2.60. The van der Waals surface area contributed by atoms with Crippen LogP contribution in [-0.2, 0) is 14.3 Å². The highest BCUT2D eigenvalue weighted by molar-refractivity contribution is 8.02. The van der Waals surface area contributed by atoms with E-state index in [2.05, 4.69) is 5.32 Å². The van der Waals surface area contributed by atoms with Crippen molar-refractivity contribution in [3.05, 3.63) is 71.9 Å². The van der Waals surface area contributed by atoms with Gasteiger partial charge in [-0.15, -0.1) is 0 Å². The number of rotatable bonds is 6. The summed E-state index contributed by atoms with van der Waals surface area (Å²) in [4.78, 5) is 24.6. The van der Waals surface area contributed by atoms with Crippen molar-refractivity contribution in [3.8, 4) is 0 Å². The molecule has 6 heteroatoms. The van der Waals surface area contributed by atoms with Crippen LogP contribution in [0.25, 0.3) is 0 Å². The zero-order valence-electron chi connectivity index (χ0n) is 12.9. The minimum absolute atomic E-state index is 0.304. The zero-order chi connectivity index (χ0) is 17.4. The smallest absolute Gasteiger partial charge is 0.332 e. The summed E-state index contributed by atoms with van der Waals surface area (Å²) >= 11 is 1.36. The topological polar surface area (TPSA) is 55.4 Å². The lowest BCUT2D eigenvalue weighted by atomic mass is 10.3. The molecule has 0 heterocycles. The van der Waals surface area contributed by atoms with Gasteiger partial charge in [-0.05, 0) is 42.7 Å². The van der Waals surface area contributed by atoms with Gasteiger partial charge < -0.3 is 10.1 Å². The maximum Gasteiger partial charge on any atom is 0.332 e. The van der Waals surface area contributed by atoms with Crippen molar-refractivity contribution in [2.24, 2.45) is 0 Å². The second-order valence-corrected chi connectivity index (χ2v) is 5.79. The van der Waals surface area contributed by atoms with Gasteiger partial charge in [0.1, 0.15) is 5.82 Å². The number of anilines is 1. The quantitative estimate of drug-likeness (QED) is 0.488. The monoisotopic (exact) mass is 345 g/mol. The second kappa shape index (κ2) is 8.88. The molecule has 0 saturated heterocycles. The van der Waals surface area contributed by atoms with Crippen molar-refractivity contribution in [2.75, 3.05) is 5.32 Å². The van der Waals surface area contributed by atoms with Crippen molar-refractivity contribution in [1.82, 2.24) is 0 Å². The van der Waals surface area contributed by atoms with Gasteiger partial charge in [0.05, 0.1) is 0 Å². The maximum atomic E-state index is 13.1. The predicted molar refractivity (Wildman–Crippen MR) is 92.0 cm³/mol. The van der Waals surface area contributed by atoms with Gasteiger partial charge in [-0.3, -0.25) is 4.79 Å². The van der Waals surface area contributed by atoms with Crippen molar-refractivity contribution in [3.63, 3.8) is 0 Å². The largest absolute Gasteiger partial charge is 0.449 e. The molecule has 0 radical (unpaired) electrons. The van der Waals surface area contributed by atoms with Crippen LogP contribution >= 0.6 is 11.8 Å². The van der Waals surface area contributed by atoms with E-state index in [1.54, 1.807) is 11.5 Å². The molecule has 124 valence electrons. The molecule has 1 amide bonds. The number of carbonyl (C=O) groups is 2. The number of ether oxygens (including phenoxy) is 1. The number of amides is 1. The molecule has 0 fully saturated rings. The molecular formula is C18H16FNO3S. The Morgan fingerprint density at radius 2 is 1.92 bits per heavy atom. The van der Waals surface area contributed by atoms with Gasteiger partial charge >= 0.3 is 5.97 Å². The van der Waals surface area contributed by atoms with E-state index >= 15 is 0 Å². The lowest BCUT2D eigenvalue weighted by molar-refractivity contribution is -0.148. The van der Waals surface area contributed by atoms with E-state index in [-0.39, 0.29) is 0 Å². The van der Waals surface area contributed by atoms with Crippen LogP contribution in [0.5, 0.6) is 0 Å². The third-order valence-corrected chi connectivity index (χ3v) is 3.72. The third-order valence-electron chi connectivity index (χ3n) is 2.91. The van der Waals surface area contributed by atoms with E-state index < -0.39 is 23.8 Å². The predicted octanol–water partition coefficient (Wildman–Crippen LogP) is 4.00. The second-order valence-electron chi connectivity index (χ2n) is 4.81. The number of esters is 1. The molecule has 0 aromatic heterocycles. The van der Waals surface area contributed by atoms with E-state index in [4.69, 9.17) is 4.74 Å². The highest BCUT2D eigenvalue weighted by Crippen LogP contribution is 2.18. The minimum Gasteiger partial charge on any atom is -0.449 e. The third kappa shape index (κ3) is 5.89. The van der Waals surface area contributed by atoms with E-state index in [0.717, 1.165) is 4.90 Å². The van der Waals surface area contributed by atoms with Gasteiger partial charge in [0.15, 0.2) is 6.10 Å². The van der Waals surface area contributed by atoms with Crippen LogP contribution in [0, 0.1) is 5.82 Å². The van der Waals surface area contributed by atoms with Crippen molar-refractivity contribution in [2.45, 2.75) is 17.9 Å². The Bertz CT molecular complexity index is 734. The molecule has 2 aromatic carbocycles. The number of hydrogen-bond donors (Lipinski definition) is 1. The molecule has 0 spiro atoms. The van der Waals surface area contributed by atoms with E-state index in [1.807, 2.05) is 30.3 Å². The maximum absolute atomic E-state index is 13.1. The Kier molecular flexibility index (Phi) is 6.57. The van der Waals surface area contributed by atoms with E-state index in [1.165, 1.54) is 43.0 Å².